The van der Waals surface area contributed by atoms with Gasteiger partial charge in [-0.15, -0.1) is 23.1 Å². The lowest BCUT2D eigenvalue weighted by molar-refractivity contribution is -0.133. The highest BCUT2D eigenvalue weighted by atomic mass is 32.2. The molecule has 1 aromatic carbocycles. The average molecular weight is 390 g/mol. The van der Waals surface area contributed by atoms with Crippen molar-refractivity contribution in [1.82, 2.24) is 15.2 Å². The molecule has 0 unspecified atom stereocenters. The zero-order valence-electron chi connectivity index (χ0n) is 14.6. The third kappa shape index (κ3) is 5.57. The second kappa shape index (κ2) is 9.73. The summed E-state index contributed by atoms with van der Waals surface area (Å²) in [6, 6.07) is 9.95. The molecule has 0 bridgehead atoms. The van der Waals surface area contributed by atoms with E-state index in [-0.39, 0.29) is 17.7 Å². The third-order valence-corrected chi connectivity index (χ3v) is 6.12. The summed E-state index contributed by atoms with van der Waals surface area (Å²) in [5.74, 6) is 0.720. The highest BCUT2D eigenvalue weighted by Crippen LogP contribution is 2.21. The van der Waals surface area contributed by atoms with Gasteiger partial charge in [0.15, 0.2) is 0 Å². The molecular formula is C19H23N3O2S2. The molecule has 0 aliphatic carbocycles. The monoisotopic (exact) mass is 389 g/mol. The summed E-state index contributed by atoms with van der Waals surface area (Å²) in [5.41, 5.74) is 2.83. The number of nitrogens with zero attached hydrogens (tertiary/aromatic N) is 2. The molecule has 1 aliphatic rings. The Bertz CT molecular complexity index is 699. The van der Waals surface area contributed by atoms with Gasteiger partial charge < -0.3 is 10.2 Å². The molecule has 2 amide bonds. The number of amides is 2. The van der Waals surface area contributed by atoms with E-state index in [0.29, 0.717) is 25.4 Å². The molecule has 26 heavy (non-hydrogen) atoms. The number of benzene rings is 1. The minimum atomic E-state index is 0.0104. The number of hydrogen-bond acceptors (Lipinski definition) is 5. The first-order valence-electron chi connectivity index (χ1n) is 8.83. The maximum absolute atomic E-state index is 12.3. The van der Waals surface area contributed by atoms with E-state index in [4.69, 9.17) is 0 Å². The Hall–Kier alpha value is -1.86. The number of likely N-dealkylation sites (tertiary alicyclic amines) is 1. The average Bonchev–Trinajstić information content (AvgIpc) is 3.20. The van der Waals surface area contributed by atoms with Crippen LogP contribution in [0.4, 0.5) is 0 Å². The largest absolute Gasteiger partial charge is 0.355 e. The number of piperidine rings is 1. The highest BCUT2D eigenvalue weighted by molar-refractivity contribution is 8.00. The number of hydrogen-bond donors (Lipinski definition) is 1. The predicted molar refractivity (Wildman–Crippen MR) is 105 cm³/mol. The maximum Gasteiger partial charge on any atom is 0.232 e. The zero-order chi connectivity index (χ0) is 18.2. The van der Waals surface area contributed by atoms with Crippen molar-refractivity contribution < 1.29 is 9.59 Å². The van der Waals surface area contributed by atoms with Crippen molar-refractivity contribution in [2.24, 2.45) is 5.92 Å². The summed E-state index contributed by atoms with van der Waals surface area (Å²) in [7, 11) is 0. The minimum absolute atomic E-state index is 0.0104. The van der Waals surface area contributed by atoms with E-state index in [1.165, 1.54) is 0 Å². The van der Waals surface area contributed by atoms with Crippen LogP contribution in [0.2, 0.25) is 0 Å². The summed E-state index contributed by atoms with van der Waals surface area (Å²) < 4.78 is 0. The van der Waals surface area contributed by atoms with Crippen molar-refractivity contribution in [2.75, 3.05) is 25.4 Å². The van der Waals surface area contributed by atoms with E-state index in [1.807, 2.05) is 40.6 Å². The Morgan fingerprint density at radius 2 is 2.00 bits per heavy atom. The van der Waals surface area contributed by atoms with Crippen molar-refractivity contribution in [2.45, 2.75) is 24.2 Å². The van der Waals surface area contributed by atoms with E-state index in [0.717, 1.165) is 29.9 Å². The van der Waals surface area contributed by atoms with E-state index in [9.17, 15) is 9.59 Å². The number of carbonyl (C=O) groups is 2. The highest BCUT2D eigenvalue weighted by Gasteiger charge is 2.27. The molecule has 0 spiro atoms. The van der Waals surface area contributed by atoms with Crippen LogP contribution in [0.25, 0.3) is 0 Å². The standard InChI is InChI=1S/C19H23N3O2S2/c23-18(13-26-17-4-2-1-3-5-17)22-10-7-15(8-11-22)19(24)20-9-6-16-12-25-14-21-16/h1-5,12,14-15H,6-11,13H2,(H,20,24). The number of carbonyl (C=O) groups excluding carboxylic acids is 2. The molecule has 138 valence electrons. The van der Waals surface area contributed by atoms with E-state index in [2.05, 4.69) is 10.3 Å². The van der Waals surface area contributed by atoms with Crippen LogP contribution >= 0.6 is 23.1 Å². The molecule has 0 saturated carbocycles. The van der Waals surface area contributed by atoms with Gasteiger partial charge >= 0.3 is 0 Å². The van der Waals surface area contributed by atoms with Gasteiger partial charge in [-0.1, -0.05) is 18.2 Å². The quantitative estimate of drug-likeness (QED) is 0.740. The summed E-state index contributed by atoms with van der Waals surface area (Å²) in [4.78, 5) is 31.8. The number of nitrogens with one attached hydrogen (secondary N) is 1. The maximum atomic E-state index is 12.3. The van der Waals surface area contributed by atoms with Crippen LogP contribution in [0.15, 0.2) is 46.1 Å². The number of aromatic nitrogens is 1. The first kappa shape index (κ1) is 18.9. The van der Waals surface area contributed by atoms with Crippen LogP contribution in [0.1, 0.15) is 18.5 Å². The number of thioether (sulfide) groups is 1. The second-order valence-electron chi connectivity index (χ2n) is 6.28. The molecule has 1 fully saturated rings. The number of thiazole rings is 1. The van der Waals surface area contributed by atoms with Crippen LogP contribution in [0.3, 0.4) is 0 Å². The van der Waals surface area contributed by atoms with Crippen LogP contribution in [0.5, 0.6) is 0 Å². The molecule has 5 nitrogen and oxygen atoms in total. The van der Waals surface area contributed by atoms with Crippen molar-refractivity contribution in [3.8, 4) is 0 Å². The van der Waals surface area contributed by atoms with Crippen LogP contribution in [-0.4, -0.2) is 47.1 Å². The molecule has 0 atom stereocenters. The molecule has 2 aromatic rings. The van der Waals surface area contributed by atoms with Gasteiger partial charge in [0, 0.05) is 42.2 Å². The summed E-state index contributed by atoms with van der Waals surface area (Å²) >= 11 is 3.13. The van der Waals surface area contributed by atoms with Crippen LogP contribution in [0, 0.1) is 5.92 Å². The van der Waals surface area contributed by atoms with Gasteiger partial charge in [0.2, 0.25) is 11.8 Å². The lowest BCUT2D eigenvalue weighted by Gasteiger charge is -2.31. The zero-order valence-corrected chi connectivity index (χ0v) is 16.2. The Kier molecular flexibility index (Phi) is 7.08. The van der Waals surface area contributed by atoms with Gasteiger partial charge in [-0.2, -0.15) is 0 Å². The molecule has 3 rings (SSSR count). The fraction of sp³-hybridized carbons (Fsp3) is 0.421. The van der Waals surface area contributed by atoms with Gasteiger partial charge in [-0.05, 0) is 25.0 Å². The van der Waals surface area contributed by atoms with Crippen molar-refractivity contribution in [1.29, 1.82) is 0 Å². The Morgan fingerprint density at radius 3 is 2.69 bits per heavy atom. The SMILES string of the molecule is O=C(NCCc1cscn1)C1CCN(C(=O)CSc2ccccc2)CC1. The van der Waals surface area contributed by atoms with E-state index < -0.39 is 0 Å². The molecule has 1 saturated heterocycles. The molecule has 1 aromatic heterocycles. The normalized spacial score (nSPS) is 15.0. The predicted octanol–water partition coefficient (Wildman–Crippen LogP) is 2.83. The summed E-state index contributed by atoms with van der Waals surface area (Å²) in [6.45, 7) is 1.95. The molecule has 0 radical (unpaired) electrons. The molecule has 1 N–H and O–H groups in total. The van der Waals surface area contributed by atoms with Gasteiger partial charge in [-0.25, -0.2) is 4.98 Å². The molecular weight excluding hydrogens is 366 g/mol. The first-order valence-corrected chi connectivity index (χ1v) is 10.8. The third-order valence-electron chi connectivity index (χ3n) is 4.49. The summed E-state index contributed by atoms with van der Waals surface area (Å²) in [5, 5.41) is 5.00. The lowest BCUT2D eigenvalue weighted by atomic mass is 9.96. The Morgan fingerprint density at radius 1 is 1.23 bits per heavy atom. The van der Waals surface area contributed by atoms with Crippen molar-refractivity contribution in [3.63, 3.8) is 0 Å². The minimum Gasteiger partial charge on any atom is -0.355 e. The van der Waals surface area contributed by atoms with E-state index in [1.54, 1.807) is 28.6 Å². The smallest absolute Gasteiger partial charge is 0.232 e. The topological polar surface area (TPSA) is 62.3 Å². The number of rotatable bonds is 7. The molecule has 2 heterocycles. The Labute approximate surface area is 162 Å². The fourth-order valence-electron chi connectivity index (χ4n) is 2.96. The van der Waals surface area contributed by atoms with Crippen LogP contribution in [-0.2, 0) is 16.0 Å². The van der Waals surface area contributed by atoms with Crippen molar-refractivity contribution >= 4 is 34.9 Å². The summed E-state index contributed by atoms with van der Waals surface area (Å²) in [6.07, 6.45) is 2.25. The van der Waals surface area contributed by atoms with Gasteiger partial charge in [0.05, 0.1) is 17.0 Å². The Balaban J connectivity index is 1.35. The van der Waals surface area contributed by atoms with Gasteiger partial charge in [-0.3, -0.25) is 9.59 Å². The van der Waals surface area contributed by atoms with E-state index >= 15 is 0 Å². The molecule has 7 heteroatoms. The van der Waals surface area contributed by atoms with Crippen LogP contribution < -0.4 is 5.32 Å². The lowest BCUT2D eigenvalue weighted by Crippen LogP contribution is -2.43. The van der Waals surface area contributed by atoms with Gasteiger partial charge in [0.25, 0.3) is 0 Å². The fourth-order valence-corrected chi connectivity index (χ4v) is 4.38. The second-order valence-corrected chi connectivity index (χ2v) is 8.05. The van der Waals surface area contributed by atoms with Crippen molar-refractivity contribution in [3.05, 3.63) is 46.9 Å². The first-order chi connectivity index (χ1) is 12.7. The van der Waals surface area contributed by atoms with Gasteiger partial charge in [0.1, 0.15) is 0 Å². The molecule has 1 aliphatic heterocycles.